The van der Waals surface area contributed by atoms with Gasteiger partial charge in [-0.15, -0.1) is 0 Å². The molecule has 4 aliphatic heterocycles. The number of ether oxygens (including phenoxy) is 1. The van der Waals surface area contributed by atoms with Crippen LogP contribution < -0.4 is 20.7 Å². The van der Waals surface area contributed by atoms with Crippen LogP contribution >= 0.6 is 0 Å². The lowest BCUT2D eigenvalue weighted by Crippen LogP contribution is -2.54. The summed E-state index contributed by atoms with van der Waals surface area (Å²) < 4.78 is 7.87. The van der Waals surface area contributed by atoms with Gasteiger partial charge in [-0.1, -0.05) is 6.07 Å². The molecule has 18 heteroatoms. The van der Waals surface area contributed by atoms with E-state index in [-0.39, 0.29) is 66.3 Å². The fourth-order valence-electron chi connectivity index (χ4n) is 9.19. The van der Waals surface area contributed by atoms with E-state index in [2.05, 4.69) is 40.4 Å². The number of nitrogens with zero attached hydrogens (tertiary/aromatic N) is 8. The molecule has 4 aromatic rings. The van der Waals surface area contributed by atoms with E-state index >= 15 is 0 Å². The third-order valence-electron chi connectivity index (χ3n) is 12.8. The van der Waals surface area contributed by atoms with Gasteiger partial charge in [0.25, 0.3) is 23.6 Å². The SMILES string of the molecule is Cc1cccc(C(=O)NC2CC(n3cnc4c(NC5CCN(CCC6CCN(C(=O)COc7ccc8c(c7)C(=O)N(C7CCC(=O)NC7=O)C8=O)CC6)CC5)ncnc43)C2)n1. The highest BCUT2D eigenvalue weighted by atomic mass is 16.5. The summed E-state index contributed by atoms with van der Waals surface area (Å²) in [5.41, 5.74) is 3.07. The minimum Gasteiger partial charge on any atom is -0.484 e. The number of nitrogens with one attached hydrogen (secondary N) is 3. The summed E-state index contributed by atoms with van der Waals surface area (Å²) >= 11 is 0. The summed E-state index contributed by atoms with van der Waals surface area (Å²) in [6.45, 7) is 5.98. The van der Waals surface area contributed by atoms with Gasteiger partial charge >= 0.3 is 0 Å². The molecule has 1 atom stereocenters. The number of likely N-dealkylation sites (tertiary alicyclic amines) is 2. The minimum absolute atomic E-state index is 0.0438. The third-order valence-corrected chi connectivity index (χ3v) is 12.8. The van der Waals surface area contributed by atoms with Crippen molar-refractivity contribution in [3.8, 4) is 5.75 Å². The minimum atomic E-state index is -1.05. The first kappa shape index (κ1) is 40.1. The quantitative estimate of drug-likeness (QED) is 0.176. The van der Waals surface area contributed by atoms with Gasteiger partial charge in [-0.05, 0) is 101 Å². The Balaban J connectivity index is 0.680. The van der Waals surface area contributed by atoms with Crippen molar-refractivity contribution in [2.45, 2.75) is 88.9 Å². The predicted octanol–water partition coefficient (Wildman–Crippen LogP) is 2.65. The number of rotatable bonds is 12. The Morgan fingerprint density at radius 1 is 0.885 bits per heavy atom. The number of aryl methyl sites for hydroxylation is 1. The van der Waals surface area contributed by atoms with E-state index < -0.39 is 29.7 Å². The van der Waals surface area contributed by atoms with Crippen molar-refractivity contribution in [3.63, 3.8) is 0 Å². The number of imidazole rings is 1. The van der Waals surface area contributed by atoms with Crippen LogP contribution in [0, 0.1) is 12.8 Å². The number of hydrogen-bond donors (Lipinski definition) is 3. The first-order chi connectivity index (χ1) is 29.6. The molecule has 7 heterocycles. The van der Waals surface area contributed by atoms with Crippen molar-refractivity contribution in [1.82, 2.24) is 49.8 Å². The highest BCUT2D eigenvalue weighted by Gasteiger charge is 2.45. The molecule has 1 aromatic carbocycles. The molecule has 5 aliphatic rings. The summed E-state index contributed by atoms with van der Waals surface area (Å²) in [6, 6.07) is 9.40. The van der Waals surface area contributed by atoms with Crippen LogP contribution in [0.5, 0.6) is 5.75 Å². The lowest BCUT2D eigenvalue weighted by Gasteiger charge is -2.36. The number of benzene rings is 1. The molecule has 0 spiro atoms. The lowest BCUT2D eigenvalue weighted by atomic mass is 9.86. The number of carbonyl (C=O) groups excluding carboxylic acids is 6. The molecule has 1 unspecified atom stereocenters. The van der Waals surface area contributed by atoms with Crippen LogP contribution in [-0.4, -0.2) is 132 Å². The molecule has 0 bridgehead atoms. The first-order valence-corrected chi connectivity index (χ1v) is 21.2. The Bertz CT molecular complexity index is 2380. The second-order valence-corrected chi connectivity index (χ2v) is 16.8. The molecule has 9 rings (SSSR count). The standard InChI is InChI=1S/C43H49N11O7/c1-25-3-2-4-33(47-25)40(57)49-28-19-29(20-28)53-24-46-37-38(44-23-45-39(37)53)48-27-12-15-51(16-13-27)14-9-26-10-17-52(18-11-26)36(56)22-61-30-5-6-31-32(21-30)43(60)54(42(31)59)34-7-8-35(55)50-41(34)58/h2-6,21,23-24,26-29,34H,7-20,22H2,1H3,(H,49,57)(H,44,45,48)(H,50,55,58). The number of pyridine rings is 1. The lowest BCUT2D eigenvalue weighted by molar-refractivity contribution is -0.136. The highest BCUT2D eigenvalue weighted by Crippen LogP contribution is 2.36. The maximum Gasteiger partial charge on any atom is 0.270 e. The van der Waals surface area contributed by atoms with E-state index in [0.29, 0.717) is 24.7 Å². The fourth-order valence-corrected chi connectivity index (χ4v) is 9.19. The van der Waals surface area contributed by atoms with Gasteiger partial charge in [0.1, 0.15) is 29.3 Å². The Kier molecular flexibility index (Phi) is 11.2. The molecule has 6 amide bonds. The second-order valence-electron chi connectivity index (χ2n) is 16.8. The number of imide groups is 2. The number of aromatic nitrogens is 5. The molecule has 18 nitrogen and oxygen atoms in total. The summed E-state index contributed by atoms with van der Waals surface area (Å²) in [5.74, 6) is -1.03. The van der Waals surface area contributed by atoms with E-state index in [1.165, 1.54) is 12.1 Å². The molecular formula is C43H49N11O7. The predicted molar refractivity (Wildman–Crippen MR) is 219 cm³/mol. The van der Waals surface area contributed by atoms with Gasteiger partial charge in [-0.25, -0.2) is 19.9 Å². The van der Waals surface area contributed by atoms with E-state index in [9.17, 15) is 28.8 Å². The Labute approximate surface area is 351 Å². The number of piperidine rings is 3. The number of fused-ring (bicyclic) bond motifs is 2. The van der Waals surface area contributed by atoms with E-state index in [4.69, 9.17) is 9.72 Å². The van der Waals surface area contributed by atoms with Crippen LogP contribution in [0.4, 0.5) is 5.82 Å². The average Bonchev–Trinajstić information content (AvgIpc) is 3.79. The molecule has 3 aromatic heterocycles. The normalized spacial score (nSPS) is 22.5. The van der Waals surface area contributed by atoms with Crippen molar-refractivity contribution in [1.29, 1.82) is 0 Å². The van der Waals surface area contributed by atoms with Crippen LogP contribution in [0.1, 0.15) is 101 Å². The zero-order chi connectivity index (χ0) is 42.2. The molecule has 4 fully saturated rings. The summed E-state index contributed by atoms with van der Waals surface area (Å²) in [5, 5.41) is 8.93. The smallest absolute Gasteiger partial charge is 0.270 e. The molecule has 3 N–H and O–H groups in total. The molecule has 318 valence electrons. The fraction of sp³-hybridized carbons (Fsp3) is 0.488. The van der Waals surface area contributed by atoms with Gasteiger partial charge in [-0.2, -0.15) is 0 Å². The summed E-state index contributed by atoms with van der Waals surface area (Å²) in [6.07, 6.45) is 10.0. The van der Waals surface area contributed by atoms with Gasteiger partial charge in [0.15, 0.2) is 18.1 Å². The van der Waals surface area contributed by atoms with Crippen molar-refractivity contribution >= 4 is 52.4 Å². The topological polar surface area (TPSA) is 214 Å². The zero-order valence-corrected chi connectivity index (χ0v) is 34.0. The molecular weight excluding hydrogens is 783 g/mol. The summed E-state index contributed by atoms with van der Waals surface area (Å²) in [4.78, 5) is 99.2. The van der Waals surface area contributed by atoms with Crippen LogP contribution in [-0.2, 0) is 14.4 Å². The molecule has 3 saturated heterocycles. The zero-order valence-electron chi connectivity index (χ0n) is 34.0. The van der Waals surface area contributed by atoms with E-state index in [1.807, 2.05) is 30.3 Å². The van der Waals surface area contributed by atoms with E-state index in [0.717, 1.165) is 92.2 Å². The van der Waals surface area contributed by atoms with Gasteiger partial charge < -0.3 is 29.7 Å². The number of hydrogen-bond acceptors (Lipinski definition) is 13. The van der Waals surface area contributed by atoms with Gasteiger partial charge in [0, 0.05) is 56.4 Å². The van der Waals surface area contributed by atoms with Gasteiger partial charge in [-0.3, -0.25) is 39.0 Å². The van der Waals surface area contributed by atoms with Gasteiger partial charge in [0.2, 0.25) is 11.8 Å². The molecule has 0 radical (unpaired) electrons. The summed E-state index contributed by atoms with van der Waals surface area (Å²) in [7, 11) is 0. The maximum absolute atomic E-state index is 13.2. The maximum atomic E-state index is 13.2. The van der Waals surface area contributed by atoms with E-state index in [1.54, 1.807) is 18.5 Å². The Morgan fingerprint density at radius 2 is 1.67 bits per heavy atom. The highest BCUT2D eigenvalue weighted by molar-refractivity contribution is 6.23. The van der Waals surface area contributed by atoms with Crippen LogP contribution in [0.15, 0.2) is 49.1 Å². The molecule has 1 saturated carbocycles. The van der Waals surface area contributed by atoms with Crippen molar-refractivity contribution in [2.75, 3.05) is 44.6 Å². The second kappa shape index (κ2) is 17.0. The average molecular weight is 832 g/mol. The van der Waals surface area contributed by atoms with Crippen molar-refractivity contribution in [2.24, 2.45) is 5.92 Å². The van der Waals surface area contributed by atoms with Crippen LogP contribution in [0.2, 0.25) is 0 Å². The largest absolute Gasteiger partial charge is 0.484 e. The number of amides is 6. The number of anilines is 1. The van der Waals surface area contributed by atoms with Gasteiger partial charge in [0.05, 0.1) is 17.5 Å². The molecule has 61 heavy (non-hydrogen) atoms. The Hall–Kier alpha value is -6.30. The van der Waals surface area contributed by atoms with Crippen molar-refractivity contribution in [3.05, 3.63) is 71.6 Å². The van der Waals surface area contributed by atoms with Crippen LogP contribution in [0.3, 0.4) is 0 Å². The monoisotopic (exact) mass is 831 g/mol. The van der Waals surface area contributed by atoms with Crippen molar-refractivity contribution < 1.29 is 33.5 Å². The Morgan fingerprint density at radius 3 is 2.44 bits per heavy atom. The first-order valence-electron chi connectivity index (χ1n) is 21.2. The van der Waals surface area contributed by atoms with Crippen LogP contribution in [0.25, 0.3) is 11.2 Å². The third kappa shape index (κ3) is 8.40. The molecule has 1 aliphatic carbocycles. The number of carbonyl (C=O) groups is 6.